The van der Waals surface area contributed by atoms with Gasteiger partial charge in [-0.3, -0.25) is 4.79 Å². The summed E-state index contributed by atoms with van der Waals surface area (Å²) in [4.78, 5) is 18.9. The van der Waals surface area contributed by atoms with E-state index in [1.165, 1.54) is 27.1 Å². The lowest BCUT2D eigenvalue weighted by molar-refractivity contribution is 0.335. The number of hydrogen-bond acceptors (Lipinski definition) is 4. The van der Waals surface area contributed by atoms with Gasteiger partial charge in [-0.2, -0.15) is 9.78 Å². The van der Waals surface area contributed by atoms with Gasteiger partial charge in [-0.05, 0) is 107 Å². The fourth-order valence-electron chi connectivity index (χ4n) is 5.98. The summed E-state index contributed by atoms with van der Waals surface area (Å²) in [5, 5.41) is 5.35. The average molecular weight is 561 g/mol. The highest BCUT2D eigenvalue weighted by Crippen LogP contribution is 2.34. The number of rotatable bonds is 7. The Morgan fingerprint density at radius 1 is 0.929 bits per heavy atom. The zero-order valence-electron chi connectivity index (χ0n) is 26.2. The van der Waals surface area contributed by atoms with Crippen LogP contribution in [0.2, 0.25) is 0 Å². The summed E-state index contributed by atoms with van der Waals surface area (Å²) in [6, 6.07) is 18.1. The van der Waals surface area contributed by atoms with E-state index in [0.29, 0.717) is 23.3 Å². The quantitative estimate of drug-likeness (QED) is 0.189. The van der Waals surface area contributed by atoms with Gasteiger partial charge in [0.15, 0.2) is 5.82 Å². The number of hydrogen-bond donors (Lipinski definition) is 0. The zero-order chi connectivity index (χ0) is 30.3. The van der Waals surface area contributed by atoms with E-state index in [1.54, 1.807) is 12.3 Å². The molecule has 0 amide bonds. The molecule has 0 radical (unpaired) electrons. The smallest absolute Gasteiger partial charge is 0.282 e. The van der Waals surface area contributed by atoms with Gasteiger partial charge in [0.25, 0.3) is 5.56 Å². The summed E-state index contributed by atoms with van der Waals surface area (Å²) < 4.78 is 9.69. The van der Waals surface area contributed by atoms with Crippen molar-refractivity contribution in [2.24, 2.45) is 5.10 Å². The number of nitrogens with zero attached hydrogens (tertiary/aromatic N) is 4. The van der Waals surface area contributed by atoms with E-state index in [2.05, 4.69) is 77.3 Å². The molecule has 216 valence electrons. The molecule has 0 atom stereocenters. The number of fused-ring (bicyclic) bond motifs is 1. The van der Waals surface area contributed by atoms with Crippen molar-refractivity contribution in [1.29, 1.82) is 0 Å². The van der Waals surface area contributed by atoms with E-state index in [4.69, 9.17) is 14.8 Å². The first-order chi connectivity index (χ1) is 20.0. The number of para-hydroxylation sites is 1. The first-order valence-corrected chi connectivity index (χ1v) is 14.6. The van der Waals surface area contributed by atoms with E-state index in [9.17, 15) is 4.79 Å². The van der Waals surface area contributed by atoms with Crippen molar-refractivity contribution < 1.29 is 4.74 Å². The topological polar surface area (TPSA) is 61.4 Å². The molecule has 2 aromatic heterocycles. The summed E-state index contributed by atoms with van der Waals surface area (Å²) >= 11 is 0. The summed E-state index contributed by atoms with van der Waals surface area (Å²) in [6.45, 7) is 19.5. The van der Waals surface area contributed by atoms with Crippen LogP contribution in [0.15, 0.2) is 64.5 Å². The molecule has 0 saturated carbocycles. The molecular weight excluding hydrogens is 520 g/mol. The highest BCUT2D eigenvalue weighted by molar-refractivity contribution is 5.84. The van der Waals surface area contributed by atoms with E-state index in [1.807, 2.05) is 38.1 Å². The van der Waals surface area contributed by atoms with Gasteiger partial charge in [0.2, 0.25) is 0 Å². The molecule has 0 bridgehead atoms. The van der Waals surface area contributed by atoms with Crippen LogP contribution >= 0.6 is 0 Å². The van der Waals surface area contributed by atoms with Crippen molar-refractivity contribution >= 4 is 17.1 Å². The van der Waals surface area contributed by atoms with Gasteiger partial charge in [-0.15, -0.1) is 0 Å². The molecule has 0 aliphatic carbocycles. The van der Waals surface area contributed by atoms with Crippen molar-refractivity contribution in [3.63, 3.8) is 0 Å². The third kappa shape index (κ3) is 5.18. The van der Waals surface area contributed by atoms with Gasteiger partial charge >= 0.3 is 0 Å². The van der Waals surface area contributed by atoms with Crippen LogP contribution in [0.1, 0.15) is 71.5 Å². The second-order valence-electron chi connectivity index (χ2n) is 11.5. The fourth-order valence-corrected chi connectivity index (χ4v) is 5.98. The maximum atomic E-state index is 13.9. The predicted molar refractivity (Wildman–Crippen MR) is 174 cm³/mol. The SMILES string of the molecule is CCOc1cc(C)c(-c2nc3ccccc3c(=O)n2N=Cc2cc(C)n(-c3c(C)cc(C)cc3C)c2C)cc1C(C)C. The van der Waals surface area contributed by atoms with Gasteiger partial charge in [-0.1, -0.05) is 43.7 Å². The second kappa shape index (κ2) is 11.4. The lowest BCUT2D eigenvalue weighted by atomic mass is 9.96. The average Bonchev–Trinajstić information content (AvgIpc) is 3.20. The van der Waals surface area contributed by atoms with E-state index in [-0.39, 0.29) is 11.5 Å². The molecule has 42 heavy (non-hydrogen) atoms. The maximum Gasteiger partial charge on any atom is 0.282 e. The minimum atomic E-state index is -0.203. The largest absolute Gasteiger partial charge is 0.494 e. The second-order valence-corrected chi connectivity index (χ2v) is 11.5. The molecule has 6 nitrogen and oxygen atoms in total. The summed E-state index contributed by atoms with van der Waals surface area (Å²) in [5.74, 6) is 1.60. The minimum Gasteiger partial charge on any atom is -0.494 e. The fraction of sp³-hybridized carbons (Fsp3) is 0.306. The van der Waals surface area contributed by atoms with Gasteiger partial charge in [-0.25, -0.2) is 4.98 Å². The van der Waals surface area contributed by atoms with E-state index >= 15 is 0 Å². The van der Waals surface area contributed by atoms with Crippen LogP contribution in [0.25, 0.3) is 28.0 Å². The molecule has 6 heteroatoms. The Labute approximate surface area is 248 Å². The number of ether oxygens (including phenoxy) is 1. The molecular formula is C36H40N4O2. The van der Waals surface area contributed by atoms with Crippen molar-refractivity contribution in [3.05, 3.63) is 110 Å². The molecule has 5 aromatic rings. The Bertz CT molecular complexity index is 1880. The molecule has 0 unspecified atom stereocenters. The van der Waals surface area contributed by atoms with Crippen molar-refractivity contribution in [2.45, 2.75) is 68.2 Å². The zero-order valence-corrected chi connectivity index (χ0v) is 26.2. The van der Waals surface area contributed by atoms with E-state index in [0.717, 1.165) is 39.4 Å². The number of benzene rings is 3. The first kappa shape index (κ1) is 29.1. The number of aryl methyl sites for hydroxylation is 5. The Balaban J connectivity index is 1.71. The summed E-state index contributed by atoms with van der Waals surface area (Å²) in [6.07, 6.45) is 1.78. The monoisotopic (exact) mass is 560 g/mol. The minimum absolute atomic E-state index is 0.203. The van der Waals surface area contributed by atoms with Gasteiger partial charge in [0.05, 0.1) is 29.4 Å². The van der Waals surface area contributed by atoms with Crippen LogP contribution in [-0.2, 0) is 0 Å². The molecule has 0 N–H and O–H groups in total. The molecule has 0 fully saturated rings. The third-order valence-electron chi connectivity index (χ3n) is 7.91. The molecule has 3 aromatic carbocycles. The highest BCUT2D eigenvalue weighted by Gasteiger charge is 2.19. The molecule has 0 saturated heterocycles. The Kier molecular flexibility index (Phi) is 7.91. The molecule has 0 aliphatic rings. The Hall–Kier alpha value is -4.45. The van der Waals surface area contributed by atoms with Gasteiger partial charge < -0.3 is 9.30 Å². The molecule has 0 spiro atoms. The molecule has 5 rings (SSSR count). The van der Waals surface area contributed by atoms with Crippen molar-refractivity contribution in [3.8, 4) is 22.8 Å². The highest BCUT2D eigenvalue weighted by atomic mass is 16.5. The standard InChI is InChI=1S/C36H40N4O2/c1-10-42-33-17-23(5)31(19-30(33)21(2)3)35-38-32-14-12-11-13-29(32)36(41)40(35)37-20-28-18-26(8)39(27(28)9)34-24(6)15-22(4)16-25(34)7/h11-21H,10H2,1-9H3. The van der Waals surface area contributed by atoms with Crippen molar-refractivity contribution in [2.75, 3.05) is 6.61 Å². The molecule has 0 aliphatic heterocycles. The third-order valence-corrected chi connectivity index (χ3v) is 7.91. The Morgan fingerprint density at radius 3 is 2.29 bits per heavy atom. The van der Waals surface area contributed by atoms with Crippen LogP contribution in [0.4, 0.5) is 0 Å². The van der Waals surface area contributed by atoms with Crippen LogP contribution in [0, 0.1) is 41.5 Å². The Morgan fingerprint density at radius 2 is 1.62 bits per heavy atom. The maximum absolute atomic E-state index is 13.9. The predicted octanol–water partition coefficient (Wildman–Crippen LogP) is 8.11. The van der Waals surface area contributed by atoms with E-state index < -0.39 is 0 Å². The van der Waals surface area contributed by atoms with Gasteiger partial charge in [0.1, 0.15) is 5.75 Å². The lowest BCUT2D eigenvalue weighted by Gasteiger charge is -2.18. The lowest BCUT2D eigenvalue weighted by Crippen LogP contribution is -2.21. The normalized spacial score (nSPS) is 11.8. The summed E-state index contributed by atoms with van der Waals surface area (Å²) in [5.41, 5.74) is 11.3. The van der Waals surface area contributed by atoms with Crippen LogP contribution in [0.5, 0.6) is 5.75 Å². The molecule has 2 heterocycles. The van der Waals surface area contributed by atoms with Crippen LogP contribution in [0.3, 0.4) is 0 Å². The van der Waals surface area contributed by atoms with Crippen molar-refractivity contribution in [1.82, 2.24) is 14.2 Å². The van der Waals surface area contributed by atoms with Crippen LogP contribution in [-0.4, -0.2) is 27.0 Å². The number of aromatic nitrogens is 3. The van der Waals surface area contributed by atoms with Gasteiger partial charge in [0, 0.05) is 22.5 Å². The van der Waals surface area contributed by atoms with Crippen LogP contribution < -0.4 is 10.3 Å². The summed E-state index contributed by atoms with van der Waals surface area (Å²) in [7, 11) is 0. The first-order valence-electron chi connectivity index (χ1n) is 14.6.